The Morgan fingerprint density at radius 2 is 1.71 bits per heavy atom. The summed E-state index contributed by atoms with van der Waals surface area (Å²) in [7, 11) is 1.62. The lowest BCUT2D eigenvalue weighted by molar-refractivity contribution is -0.123. The van der Waals surface area contributed by atoms with E-state index in [1.54, 1.807) is 13.2 Å². The van der Waals surface area contributed by atoms with Gasteiger partial charge in [0.2, 0.25) is 0 Å². The summed E-state index contributed by atoms with van der Waals surface area (Å²) in [5.74, 6) is 0.432. The number of aromatic nitrogens is 1. The van der Waals surface area contributed by atoms with E-state index in [-0.39, 0.29) is 18.1 Å². The molecule has 0 saturated carbocycles. The molecule has 1 aliphatic heterocycles. The number of benzene rings is 2. The highest BCUT2D eigenvalue weighted by molar-refractivity contribution is 6.13. The average molecular weight is 373 g/mol. The second-order valence-corrected chi connectivity index (χ2v) is 6.37. The molecule has 1 N–H and O–H groups in total. The normalized spacial score (nSPS) is 15.2. The van der Waals surface area contributed by atoms with Crippen LogP contribution in [0.4, 0.5) is 4.79 Å². The van der Waals surface area contributed by atoms with Crippen LogP contribution >= 0.6 is 0 Å². The highest BCUT2D eigenvalue weighted by atomic mass is 16.5. The van der Waals surface area contributed by atoms with Gasteiger partial charge in [0, 0.05) is 17.6 Å². The van der Waals surface area contributed by atoms with Gasteiger partial charge in [-0.15, -0.1) is 0 Å². The second-order valence-electron chi connectivity index (χ2n) is 6.37. The van der Waals surface area contributed by atoms with Crippen molar-refractivity contribution >= 4 is 18.0 Å². The number of nitrogens with zero attached hydrogens (tertiary/aromatic N) is 2. The smallest absolute Gasteiger partial charge is 0.329 e. The number of ether oxygens (including phenoxy) is 1. The van der Waals surface area contributed by atoms with Crippen LogP contribution in [0, 0.1) is 0 Å². The van der Waals surface area contributed by atoms with Gasteiger partial charge in [0.25, 0.3) is 5.91 Å². The van der Waals surface area contributed by atoms with Crippen molar-refractivity contribution in [2.75, 3.05) is 7.11 Å². The molecule has 1 aromatic heterocycles. The number of nitrogens with one attached hydrogen (secondary N) is 1. The minimum absolute atomic E-state index is 0.238. The van der Waals surface area contributed by atoms with Gasteiger partial charge < -0.3 is 14.6 Å². The maximum absolute atomic E-state index is 12.7. The van der Waals surface area contributed by atoms with Gasteiger partial charge >= 0.3 is 6.03 Å². The number of urea groups is 1. The summed E-state index contributed by atoms with van der Waals surface area (Å²) >= 11 is 0. The van der Waals surface area contributed by atoms with E-state index in [0.29, 0.717) is 0 Å². The topological polar surface area (TPSA) is 63.6 Å². The molecular formula is C22H19N3O3. The largest absolute Gasteiger partial charge is 0.497 e. The molecular weight excluding hydrogens is 354 g/mol. The van der Waals surface area contributed by atoms with Gasteiger partial charge in [-0.25, -0.2) is 4.79 Å². The zero-order chi connectivity index (χ0) is 19.5. The van der Waals surface area contributed by atoms with Crippen LogP contribution in [0.3, 0.4) is 0 Å². The quantitative estimate of drug-likeness (QED) is 0.549. The van der Waals surface area contributed by atoms with E-state index in [1.165, 1.54) is 4.90 Å². The van der Waals surface area contributed by atoms with E-state index in [2.05, 4.69) is 5.32 Å². The van der Waals surface area contributed by atoms with Crippen molar-refractivity contribution in [3.05, 3.63) is 89.9 Å². The van der Waals surface area contributed by atoms with Crippen LogP contribution in [0.2, 0.25) is 0 Å². The predicted octanol–water partition coefficient (Wildman–Crippen LogP) is 3.58. The summed E-state index contributed by atoms with van der Waals surface area (Å²) in [5, 5.41) is 2.67. The molecule has 3 aromatic rings. The Hall–Kier alpha value is -3.80. The molecule has 4 rings (SSSR count). The molecule has 1 aliphatic rings. The number of rotatable bonds is 5. The van der Waals surface area contributed by atoms with Crippen LogP contribution in [0.1, 0.15) is 11.3 Å². The minimum atomic E-state index is -0.414. The summed E-state index contributed by atoms with van der Waals surface area (Å²) in [5.41, 5.74) is 2.87. The first kappa shape index (κ1) is 17.6. The van der Waals surface area contributed by atoms with Crippen molar-refractivity contribution in [1.29, 1.82) is 0 Å². The summed E-state index contributed by atoms with van der Waals surface area (Å²) < 4.78 is 7.13. The zero-order valence-electron chi connectivity index (χ0n) is 15.3. The lowest BCUT2D eigenvalue weighted by Gasteiger charge is -2.11. The molecule has 6 heteroatoms. The minimum Gasteiger partial charge on any atom is -0.497 e. The van der Waals surface area contributed by atoms with Crippen LogP contribution in [0.5, 0.6) is 5.75 Å². The average Bonchev–Trinajstić information content (AvgIpc) is 3.29. The van der Waals surface area contributed by atoms with E-state index in [0.717, 1.165) is 22.7 Å². The first-order chi connectivity index (χ1) is 13.7. The van der Waals surface area contributed by atoms with Crippen molar-refractivity contribution in [2.45, 2.75) is 6.54 Å². The van der Waals surface area contributed by atoms with Gasteiger partial charge in [0.1, 0.15) is 11.4 Å². The Kier molecular flexibility index (Phi) is 4.68. The molecule has 1 saturated heterocycles. The van der Waals surface area contributed by atoms with Crippen LogP contribution in [-0.2, 0) is 11.3 Å². The van der Waals surface area contributed by atoms with Crippen LogP contribution in [-0.4, -0.2) is 28.5 Å². The molecule has 2 heterocycles. The molecule has 0 atom stereocenters. The zero-order valence-corrected chi connectivity index (χ0v) is 15.3. The highest BCUT2D eigenvalue weighted by Crippen LogP contribution is 2.21. The number of carbonyl (C=O) groups excluding carboxylic acids is 2. The maximum Gasteiger partial charge on any atom is 0.329 e. The number of carbonyl (C=O) groups is 2. The Morgan fingerprint density at radius 3 is 2.43 bits per heavy atom. The fraction of sp³-hybridized carbons (Fsp3) is 0.0909. The molecule has 140 valence electrons. The molecule has 0 spiro atoms. The third-order valence-corrected chi connectivity index (χ3v) is 4.57. The van der Waals surface area contributed by atoms with Crippen molar-refractivity contribution in [2.24, 2.45) is 0 Å². The molecule has 0 radical (unpaired) electrons. The maximum atomic E-state index is 12.7. The number of amides is 3. The van der Waals surface area contributed by atoms with Gasteiger partial charge in [0.05, 0.1) is 13.7 Å². The third-order valence-electron chi connectivity index (χ3n) is 4.57. The number of hydrogen-bond donors (Lipinski definition) is 1. The number of imide groups is 1. The first-order valence-corrected chi connectivity index (χ1v) is 8.86. The first-order valence-electron chi connectivity index (χ1n) is 8.86. The fourth-order valence-electron chi connectivity index (χ4n) is 3.12. The van der Waals surface area contributed by atoms with Crippen molar-refractivity contribution < 1.29 is 14.3 Å². The summed E-state index contributed by atoms with van der Waals surface area (Å²) in [4.78, 5) is 26.2. The van der Waals surface area contributed by atoms with E-state index in [4.69, 9.17) is 4.74 Å². The van der Waals surface area contributed by atoms with Crippen molar-refractivity contribution in [3.8, 4) is 11.4 Å². The molecule has 3 amide bonds. The highest BCUT2D eigenvalue weighted by Gasteiger charge is 2.33. The van der Waals surface area contributed by atoms with E-state index in [9.17, 15) is 9.59 Å². The van der Waals surface area contributed by atoms with Gasteiger partial charge in [0.15, 0.2) is 0 Å². The molecule has 28 heavy (non-hydrogen) atoms. The van der Waals surface area contributed by atoms with Crippen LogP contribution in [0.15, 0.2) is 78.6 Å². The van der Waals surface area contributed by atoms with E-state index >= 15 is 0 Å². The fourth-order valence-corrected chi connectivity index (χ4v) is 3.12. The van der Waals surface area contributed by atoms with Gasteiger partial charge in [-0.05, 0) is 48.0 Å². The SMILES string of the molecule is COc1ccc(-n2cccc2/C=C2\NC(=O)N(Cc3ccccc3)C2=O)cc1. The Morgan fingerprint density at radius 1 is 0.964 bits per heavy atom. The molecule has 2 aromatic carbocycles. The molecule has 0 bridgehead atoms. The number of hydrogen-bond acceptors (Lipinski definition) is 3. The van der Waals surface area contributed by atoms with Crippen molar-refractivity contribution in [1.82, 2.24) is 14.8 Å². The monoisotopic (exact) mass is 373 g/mol. The Labute approximate surface area is 162 Å². The van der Waals surface area contributed by atoms with Gasteiger partial charge in [-0.1, -0.05) is 30.3 Å². The molecule has 0 unspecified atom stereocenters. The lowest BCUT2D eigenvalue weighted by Crippen LogP contribution is -2.30. The van der Waals surface area contributed by atoms with Gasteiger partial charge in [-0.3, -0.25) is 9.69 Å². The molecule has 0 aliphatic carbocycles. The predicted molar refractivity (Wildman–Crippen MR) is 106 cm³/mol. The lowest BCUT2D eigenvalue weighted by atomic mass is 10.2. The Balaban J connectivity index is 1.59. The second kappa shape index (κ2) is 7.44. The number of methoxy groups -OCH3 is 1. The molecule has 6 nitrogen and oxygen atoms in total. The van der Waals surface area contributed by atoms with Crippen molar-refractivity contribution in [3.63, 3.8) is 0 Å². The van der Waals surface area contributed by atoms with Gasteiger partial charge in [-0.2, -0.15) is 0 Å². The molecule has 1 fully saturated rings. The third kappa shape index (κ3) is 3.40. The summed E-state index contributed by atoms with van der Waals surface area (Å²) in [6.45, 7) is 0.238. The summed E-state index contributed by atoms with van der Waals surface area (Å²) in [6, 6.07) is 20.4. The van der Waals surface area contributed by atoms with Crippen LogP contribution in [0.25, 0.3) is 11.8 Å². The standard InChI is InChI=1S/C22H19N3O3/c1-28-19-11-9-17(10-12-19)24-13-5-8-18(24)14-20-21(26)25(22(27)23-20)15-16-6-3-2-4-7-16/h2-14H,15H2,1H3,(H,23,27)/b20-14-. The van der Waals surface area contributed by atoms with Crippen LogP contribution < -0.4 is 10.1 Å². The van der Waals surface area contributed by atoms with E-state index < -0.39 is 6.03 Å². The summed E-state index contributed by atoms with van der Waals surface area (Å²) in [6.07, 6.45) is 3.59. The van der Waals surface area contributed by atoms with E-state index in [1.807, 2.05) is 77.5 Å². The Bertz CT molecular complexity index is 1040.